The summed E-state index contributed by atoms with van der Waals surface area (Å²) >= 11 is 0. The van der Waals surface area contributed by atoms with Crippen molar-refractivity contribution < 1.29 is 5.11 Å². The topological polar surface area (TPSA) is 19.9 Å². The molecule has 0 aromatic rings. The highest BCUT2D eigenvalue weighted by molar-refractivity contribution is 4.48. The third-order valence-corrected chi connectivity index (χ3v) is 3.50. The van der Waals surface area contributed by atoms with E-state index in [-0.39, 0.29) is 6.61 Å². The largest absolute Gasteiger partial charge is 0.237 e. The predicted molar refractivity (Wildman–Crippen MR) is 75.9 cm³/mol. The average molecular weight is 227 g/mol. The molecule has 17 heavy (non-hydrogen) atoms. The molecule has 0 rings (SSSR count). The maximum absolute atomic E-state index is 10.2. The highest BCUT2D eigenvalue weighted by Crippen LogP contribution is 2.12. The van der Waals surface area contributed by atoms with Gasteiger partial charge in [-0.25, -0.2) is 5.11 Å². The first-order valence-electron chi connectivity index (χ1n) is 8.00. The second-order valence-corrected chi connectivity index (χ2v) is 5.30. The van der Waals surface area contributed by atoms with Crippen LogP contribution >= 0.6 is 0 Å². The summed E-state index contributed by atoms with van der Waals surface area (Å²) in [5.74, 6) is 0. The molecule has 1 heteroatoms. The van der Waals surface area contributed by atoms with Crippen LogP contribution < -0.4 is 0 Å². The third-order valence-electron chi connectivity index (χ3n) is 3.50. The van der Waals surface area contributed by atoms with Crippen molar-refractivity contribution in [1.29, 1.82) is 0 Å². The minimum atomic E-state index is 0.123. The molecule has 0 unspecified atom stereocenters. The first kappa shape index (κ1) is 17.0. The molecule has 0 aromatic heterocycles. The van der Waals surface area contributed by atoms with E-state index in [0.717, 1.165) is 12.8 Å². The molecule has 0 fully saturated rings. The lowest BCUT2D eigenvalue weighted by molar-refractivity contribution is 0.186. The molecule has 1 radical (unpaired) electrons. The summed E-state index contributed by atoms with van der Waals surface area (Å²) in [5.41, 5.74) is 0. The zero-order valence-electron chi connectivity index (χ0n) is 12.0. The van der Waals surface area contributed by atoms with Gasteiger partial charge in [0.2, 0.25) is 0 Å². The lowest BCUT2D eigenvalue weighted by Crippen LogP contribution is -1.84. The van der Waals surface area contributed by atoms with Gasteiger partial charge < -0.3 is 0 Å². The summed E-state index contributed by atoms with van der Waals surface area (Å²) in [6.45, 7) is 2.40. The van der Waals surface area contributed by atoms with Crippen molar-refractivity contribution in [1.82, 2.24) is 0 Å². The Morgan fingerprint density at radius 3 is 1.06 bits per heavy atom. The number of unbranched alkanes of at least 4 members (excludes halogenated alkanes) is 13. The second kappa shape index (κ2) is 16.0. The van der Waals surface area contributed by atoms with Crippen LogP contribution in [0.4, 0.5) is 0 Å². The Balaban J connectivity index is 2.85. The van der Waals surface area contributed by atoms with Crippen LogP contribution in [0.3, 0.4) is 0 Å². The highest BCUT2D eigenvalue weighted by atomic mass is 14.0. The Morgan fingerprint density at radius 1 is 0.471 bits per heavy atom. The Labute approximate surface area is 109 Å². The Bertz CT molecular complexity index is 109. The van der Waals surface area contributed by atoms with Gasteiger partial charge in [-0.3, -0.25) is 0 Å². The van der Waals surface area contributed by atoms with Crippen LogP contribution in [0, 0.1) is 0 Å². The van der Waals surface area contributed by atoms with Crippen molar-refractivity contribution in [3.63, 3.8) is 0 Å². The number of rotatable bonds is 14. The van der Waals surface area contributed by atoms with Crippen LogP contribution in [0.5, 0.6) is 0 Å². The quantitative estimate of drug-likeness (QED) is 0.329. The van der Waals surface area contributed by atoms with Crippen molar-refractivity contribution >= 4 is 0 Å². The molecule has 0 heterocycles. The van der Waals surface area contributed by atoms with E-state index in [2.05, 4.69) is 6.92 Å². The lowest BCUT2D eigenvalue weighted by Gasteiger charge is -2.02. The molecule has 0 bridgehead atoms. The smallest absolute Gasteiger partial charge is 0.0822 e. The maximum atomic E-state index is 10.2. The molecule has 0 aliphatic rings. The Morgan fingerprint density at radius 2 is 0.765 bits per heavy atom. The molecule has 0 aromatic carbocycles. The molecule has 0 spiro atoms. The zero-order valence-corrected chi connectivity index (χ0v) is 12.0. The normalized spacial score (nSPS) is 10.9. The van der Waals surface area contributed by atoms with Crippen LogP contribution in [0.15, 0.2) is 0 Å². The molecule has 0 N–H and O–H groups in total. The molecule has 0 saturated heterocycles. The Hall–Kier alpha value is -0.0400. The van der Waals surface area contributed by atoms with Crippen molar-refractivity contribution in [3.8, 4) is 0 Å². The second-order valence-electron chi connectivity index (χ2n) is 5.30. The first-order chi connectivity index (χ1) is 8.41. The van der Waals surface area contributed by atoms with Crippen molar-refractivity contribution in [2.75, 3.05) is 6.61 Å². The van der Waals surface area contributed by atoms with Crippen molar-refractivity contribution in [2.45, 2.75) is 96.8 Å². The van der Waals surface area contributed by atoms with Crippen LogP contribution in [0.25, 0.3) is 0 Å². The third kappa shape index (κ3) is 16.0. The Kier molecular flexibility index (Phi) is 15.9. The molecule has 1 nitrogen and oxygen atoms in total. The standard InChI is InChI=1S/C16H33O/c1-2-3-4-5-6-7-8-9-10-11-12-13-14-15-16-17/h2-16H2,1H3/i17-14. The fourth-order valence-electron chi connectivity index (χ4n) is 2.30. The van der Waals surface area contributed by atoms with Crippen molar-refractivity contribution in [3.05, 3.63) is 0 Å². The minimum absolute atomic E-state index is 0.123. The zero-order chi connectivity index (χ0) is 12.6. The van der Waals surface area contributed by atoms with Gasteiger partial charge in [0, 0.05) is 0 Å². The van der Waals surface area contributed by atoms with E-state index in [1.165, 1.54) is 77.0 Å². The van der Waals surface area contributed by atoms with E-state index in [9.17, 15) is 5.11 Å². The van der Waals surface area contributed by atoms with E-state index in [4.69, 9.17) is 0 Å². The summed E-state index contributed by atoms with van der Waals surface area (Å²) in [4.78, 5) is 0. The van der Waals surface area contributed by atoms with E-state index in [1.54, 1.807) is 0 Å². The predicted octanol–water partition coefficient (Wildman–Crippen LogP) is 5.90. The fourth-order valence-corrected chi connectivity index (χ4v) is 2.30. The summed E-state index contributed by atoms with van der Waals surface area (Å²) in [6.07, 6.45) is 18.9. The monoisotopic (exact) mass is 227 g/mol. The molecule has 103 valence electrons. The molecule has 0 amide bonds. The van der Waals surface area contributed by atoms with Gasteiger partial charge in [0.05, 0.1) is 6.61 Å². The molecule has 0 saturated carbocycles. The van der Waals surface area contributed by atoms with Gasteiger partial charge in [0.15, 0.2) is 0 Å². The molecular weight excluding hydrogens is 194 g/mol. The lowest BCUT2D eigenvalue weighted by atomic mass is 1.90. The maximum Gasteiger partial charge on any atom is 0.0822 e. The average Bonchev–Trinajstić information content (AvgIpc) is 2.35. The van der Waals surface area contributed by atoms with E-state index >= 15 is 0 Å². The van der Waals surface area contributed by atoms with Gasteiger partial charge in [0.25, 0.3) is 0 Å². The first-order valence-corrected chi connectivity index (χ1v) is 8.00. The number of hydrogen-bond acceptors (Lipinski definition) is 0. The molecule has 0 atom stereocenters. The van der Waals surface area contributed by atoms with Crippen molar-refractivity contribution in [2.24, 2.45) is 0 Å². The number of hydrogen-bond donors (Lipinski definition) is 0. The molecular formula is C16H33O. The van der Waals surface area contributed by atoms with Crippen LogP contribution in [-0.2, 0) is 5.11 Å². The summed E-state index contributed by atoms with van der Waals surface area (Å²) in [7, 11) is 0. The van der Waals surface area contributed by atoms with E-state index < -0.39 is 0 Å². The summed E-state index contributed by atoms with van der Waals surface area (Å²) in [6, 6.07) is 0. The van der Waals surface area contributed by atoms with Gasteiger partial charge in [-0.2, -0.15) is 0 Å². The fraction of sp³-hybridized carbons (Fsp3) is 1.00. The molecule has 0 aliphatic carbocycles. The van der Waals surface area contributed by atoms with E-state index in [1.807, 2.05) is 0 Å². The van der Waals surface area contributed by atoms with Gasteiger partial charge in [0.1, 0.15) is 0 Å². The van der Waals surface area contributed by atoms with Crippen LogP contribution in [0.2, 0.25) is 0 Å². The van der Waals surface area contributed by atoms with Gasteiger partial charge in [-0.1, -0.05) is 90.4 Å². The van der Waals surface area contributed by atoms with E-state index in [0.29, 0.717) is 0 Å². The highest BCUT2D eigenvalue weighted by Gasteiger charge is 1.93. The molecule has 0 aliphatic heterocycles. The minimum Gasteiger partial charge on any atom is -0.237 e. The summed E-state index contributed by atoms with van der Waals surface area (Å²) < 4.78 is 0. The van der Waals surface area contributed by atoms with Gasteiger partial charge in [-0.05, 0) is 6.42 Å². The summed E-state index contributed by atoms with van der Waals surface area (Å²) in [5, 5.41) is 10.2. The van der Waals surface area contributed by atoms with Gasteiger partial charge >= 0.3 is 0 Å². The SMILES string of the molecule is CCCCCCCCCCCCCCCC[2O]. The van der Waals surface area contributed by atoms with Crippen LogP contribution in [-0.4, -0.2) is 6.61 Å². The van der Waals surface area contributed by atoms with Gasteiger partial charge in [-0.15, -0.1) is 0 Å². The van der Waals surface area contributed by atoms with Crippen LogP contribution in [0.1, 0.15) is 96.8 Å².